The lowest BCUT2D eigenvalue weighted by molar-refractivity contribution is -0.385. The average Bonchev–Trinajstić information content (AvgIpc) is 3.24. The molecule has 0 amide bonds. The molecule has 9 nitrogen and oxygen atoms in total. The van der Waals surface area contributed by atoms with E-state index in [-0.39, 0.29) is 10.6 Å². The van der Waals surface area contributed by atoms with Crippen LogP contribution in [0.15, 0.2) is 24.5 Å². The summed E-state index contributed by atoms with van der Waals surface area (Å²) < 4.78 is 7.12. The Labute approximate surface area is 194 Å². The van der Waals surface area contributed by atoms with Crippen molar-refractivity contribution < 1.29 is 9.66 Å². The molecule has 1 aromatic carbocycles. The van der Waals surface area contributed by atoms with Gasteiger partial charge in [-0.1, -0.05) is 0 Å². The van der Waals surface area contributed by atoms with Crippen LogP contribution in [0.4, 0.5) is 11.4 Å². The fourth-order valence-corrected chi connectivity index (χ4v) is 5.92. The monoisotopic (exact) mass is 454 g/mol. The van der Waals surface area contributed by atoms with Crippen LogP contribution in [0.25, 0.3) is 11.1 Å². The van der Waals surface area contributed by atoms with Gasteiger partial charge in [-0.15, -0.1) is 0 Å². The summed E-state index contributed by atoms with van der Waals surface area (Å²) in [6, 6.07) is 3.47. The van der Waals surface area contributed by atoms with Crippen LogP contribution in [0.5, 0.6) is 5.75 Å². The van der Waals surface area contributed by atoms with Gasteiger partial charge in [0, 0.05) is 74.9 Å². The van der Waals surface area contributed by atoms with E-state index in [2.05, 4.69) is 20.2 Å². The molecular formula is C24H34N6O3. The summed E-state index contributed by atoms with van der Waals surface area (Å²) in [6.45, 7) is 7.91. The van der Waals surface area contributed by atoms with Gasteiger partial charge in [-0.3, -0.25) is 14.8 Å². The molecule has 2 aromatic rings. The van der Waals surface area contributed by atoms with Gasteiger partial charge in [0.25, 0.3) is 0 Å². The van der Waals surface area contributed by atoms with E-state index in [1.807, 2.05) is 19.3 Å². The van der Waals surface area contributed by atoms with Crippen LogP contribution in [-0.4, -0.2) is 72.5 Å². The molecule has 0 bridgehead atoms. The largest absolute Gasteiger partial charge is 0.490 e. The number of likely N-dealkylation sites (tertiary alicyclic amines) is 1. The van der Waals surface area contributed by atoms with Crippen molar-refractivity contribution in [2.24, 2.45) is 18.4 Å². The zero-order valence-corrected chi connectivity index (χ0v) is 19.6. The number of aryl methyl sites for hydroxylation is 1. The minimum Gasteiger partial charge on any atom is -0.490 e. The lowest BCUT2D eigenvalue weighted by Crippen LogP contribution is -2.61. The van der Waals surface area contributed by atoms with Crippen LogP contribution in [0.3, 0.4) is 0 Å². The second kappa shape index (κ2) is 8.95. The summed E-state index contributed by atoms with van der Waals surface area (Å²) in [5.41, 5.74) is 3.14. The molecule has 1 aromatic heterocycles. The smallest absolute Gasteiger partial charge is 0.311 e. The molecule has 0 radical (unpaired) electrons. The maximum absolute atomic E-state index is 11.6. The van der Waals surface area contributed by atoms with Crippen LogP contribution in [-0.2, 0) is 7.05 Å². The Morgan fingerprint density at radius 1 is 1.24 bits per heavy atom. The van der Waals surface area contributed by atoms with Gasteiger partial charge < -0.3 is 19.9 Å². The van der Waals surface area contributed by atoms with E-state index >= 15 is 0 Å². The number of nitro groups is 1. The van der Waals surface area contributed by atoms with Crippen LogP contribution in [0.1, 0.15) is 25.7 Å². The first-order valence-electron chi connectivity index (χ1n) is 12.0. The Balaban J connectivity index is 1.30. The summed E-state index contributed by atoms with van der Waals surface area (Å²) in [5.74, 6) is 1.15. The zero-order chi connectivity index (χ0) is 23.0. The number of ether oxygens (including phenoxy) is 1. The summed E-state index contributed by atoms with van der Waals surface area (Å²) in [6.07, 6.45) is 8.59. The van der Waals surface area contributed by atoms with Crippen LogP contribution in [0, 0.1) is 21.4 Å². The Kier molecular flexibility index (Phi) is 6.01. The van der Waals surface area contributed by atoms with Crippen molar-refractivity contribution in [3.8, 4) is 16.9 Å². The fraction of sp³-hybridized carbons (Fsp3) is 0.625. The van der Waals surface area contributed by atoms with Crippen molar-refractivity contribution in [1.29, 1.82) is 0 Å². The summed E-state index contributed by atoms with van der Waals surface area (Å²) in [7, 11) is 3.35. The number of benzene rings is 1. The molecule has 1 spiro atoms. The second-order valence-electron chi connectivity index (χ2n) is 10.1. The van der Waals surface area contributed by atoms with Gasteiger partial charge in [0.05, 0.1) is 18.2 Å². The molecule has 0 unspecified atom stereocenters. The van der Waals surface area contributed by atoms with E-state index in [1.165, 1.54) is 39.6 Å². The van der Waals surface area contributed by atoms with Gasteiger partial charge in [0.2, 0.25) is 0 Å². The summed E-state index contributed by atoms with van der Waals surface area (Å²) >= 11 is 0. The molecule has 3 aliphatic heterocycles. The predicted molar refractivity (Wildman–Crippen MR) is 128 cm³/mol. The van der Waals surface area contributed by atoms with Crippen molar-refractivity contribution in [3.63, 3.8) is 0 Å². The Morgan fingerprint density at radius 2 is 1.97 bits per heavy atom. The minimum absolute atomic E-state index is 0.0128. The van der Waals surface area contributed by atoms with Crippen molar-refractivity contribution in [2.75, 3.05) is 57.8 Å². The standard InChI is InChI=1S/C24H34N6O3/c1-27-15-19(13-26-27)20-11-22(30(31)32)23(33-2)12-21(20)29-9-5-24(6-10-29)16-28(17-24)14-18-3-7-25-8-4-18/h11-13,15,18,25H,3-10,14,16-17H2,1-2H3. The van der Waals surface area contributed by atoms with Gasteiger partial charge in [-0.2, -0.15) is 5.10 Å². The van der Waals surface area contributed by atoms with E-state index in [4.69, 9.17) is 4.74 Å². The Bertz CT molecular complexity index is 1000. The number of anilines is 1. The number of hydrogen-bond donors (Lipinski definition) is 1. The quantitative estimate of drug-likeness (QED) is 0.530. The zero-order valence-electron chi connectivity index (χ0n) is 19.6. The van der Waals surface area contributed by atoms with Crippen LogP contribution in [0.2, 0.25) is 0 Å². The summed E-state index contributed by atoms with van der Waals surface area (Å²) in [5, 5.41) is 19.4. The molecule has 3 saturated heterocycles. The third kappa shape index (κ3) is 4.44. The number of nitrogens with zero attached hydrogens (tertiary/aromatic N) is 5. The van der Waals surface area contributed by atoms with Gasteiger partial charge in [-0.05, 0) is 50.1 Å². The third-order valence-corrected chi connectivity index (χ3v) is 7.77. The van der Waals surface area contributed by atoms with Gasteiger partial charge in [0.1, 0.15) is 0 Å². The fourth-order valence-electron chi connectivity index (χ4n) is 5.92. The minimum atomic E-state index is -0.376. The maximum Gasteiger partial charge on any atom is 0.311 e. The molecule has 0 aliphatic carbocycles. The highest BCUT2D eigenvalue weighted by Gasteiger charge is 2.45. The highest BCUT2D eigenvalue weighted by atomic mass is 16.6. The number of nitrogens with one attached hydrogen (secondary N) is 1. The molecule has 1 N–H and O–H groups in total. The Morgan fingerprint density at radius 3 is 2.58 bits per heavy atom. The molecule has 3 fully saturated rings. The lowest BCUT2D eigenvalue weighted by Gasteiger charge is -2.55. The van der Waals surface area contributed by atoms with E-state index in [0.717, 1.165) is 61.8 Å². The number of methoxy groups -OCH3 is 1. The highest BCUT2D eigenvalue weighted by molar-refractivity contribution is 5.82. The summed E-state index contributed by atoms with van der Waals surface area (Å²) in [4.78, 5) is 16.3. The van der Waals surface area contributed by atoms with E-state index in [1.54, 1.807) is 16.9 Å². The molecule has 4 heterocycles. The first-order chi connectivity index (χ1) is 16.0. The topological polar surface area (TPSA) is 88.7 Å². The lowest BCUT2D eigenvalue weighted by atomic mass is 9.71. The molecule has 5 rings (SSSR count). The molecule has 33 heavy (non-hydrogen) atoms. The Hall–Kier alpha value is -2.65. The first kappa shape index (κ1) is 22.2. The molecule has 178 valence electrons. The normalized spacial score (nSPS) is 21.2. The van der Waals surface area contributed by atoms with Crippen LogP contribution >= 0.6 is 0 Å². The number of hydrogen-bond acceptors (Lipinski definition) is 7. The van der Waals surface area contributed by atoms with E-state index in [0.29, 0.717) is 11.2 Å². The molecule has 0 atom stereocenters. The number of rotatable bonds is 6. The molecular weight excluding hydrogens is 420 g/mol. The van der Waals surface area contributed by atoms with Crippen molar-refractivity contribution in [1.82, 2.24) is 20.0 Å². The highest BCUT2D eigenvalue weighted by Crippen LogP contribution is 2.45. The van der Waals surface area contributed by atoms with Crippen LogP contribution < -0.4 is 15.0 Å². The van der Waals surface area contributed by atoms with E-state index < -0.39 is 0 Å². The van der Waals surface area contributed by atoms with Crippen molar-refractivity contribution in [2.45, 2.75) is 25.7 Å². The SMILES string of the molecule is COc1cc(N2CCC3(CC2)CN(CC2CCNCC2)C3)c(-c2cnn(C)c2)cc1[N+](=O)[O-]. The second-order valence-corrected chi connectivity index (χ2v) is 10.1. The van der Waals surface area contributed by atoms with Crippen molar-refractivity contribution >= 4 is 11.4 Å². The number of nitro benzene ring substituents is 1. The third-order valence-electron chi connectivity index (χ3n) is 7.77. The van der Waals surface area contributed by atoms with Gasteiger partial charge >= 0.3 is 5.69 Å². The molecule has 3 aliphatic rings. The van der Waals surface area contributed by atoms with E-state index in [9.17, 15) is 10.1 Å². The van der Waals surface area contributed by atoms with Gasteiger partial charge in [-0.25, -0.2) is 0 Å². The number of aromatic nitrogens is 2. The number of piperidine rings is 2. The predicted octanol–water partition coefficient (Wildman–Crippen LogP) is 2.91. The molecule has 9 heteroatoms. The maximum atomic E-state index is 11.6. The van der Waals surface area contributed by atoms with Gasteiger partial charge in [0.15, 0.2) is 5.75 Å². The first-order valence-corrected chi connectivity index (χ1v) is 12.0. The van der Waals surface area contributed by atoms with Crippen molar-refractivity contribution in [3.05, 3.63) is 34.6 Å². The average molecular weight is 455 g/mol. The molecule has 0 saturated carbocycles.